The van der Waals surface area contributed by atoms with Gasteiger partial charge in [0.05, 0.1) is 0 Å². The van der Waals surface area contributed by atoms with Gasteiger partial charge in [-0.15, -0.1) is 0 Å². The van der Waals surface area contributed by atoms with Crippen LogP contribution in [0.1, 0.15) is 35.7 Å². The molecule has 0 aliphatic carbocycles. The zero-order valence-electron chi connectivity index (χ0n) is 11.1. The Morgan fingerprint density at radius 1 is 1.37 bits per heavy atom. The molecule has 0 aliphatic rings. The molecule has 1 amide bonds. The molecule has 0 spiro atoms. The molecular formula is C14H18BrNO3. The van der Waals surface area contributed by atoms with Gasteiger partial charge in [-0.05, 0) is 43.0 Å². The average molecular weight is 328 g/mol. The van der Waals surface area contributed by atoms with E-state index in [1.807, 2.05) is 26.0 Å². The van der Waals surface area contributed by atoms with Gasteiger partial charge in [0.15, 0.2) is 0 Å². The fourth-order valence-corrected chi connectivity index (χ4v) is 2.32. The number of carbonyl (C=O) groups excluding carboxylic acids is 1. The molecule has 1 aromatic carbocycles. The second kappa shape index (κ2) is 7.28. The van der Waals surface area contributed by atoms with Gasteiger partial charge < -0.3 is 10.4 Å². The predicted molar refractivity (Wildman–Crippen MR) is 77.2 cm³/mol. The maximum Gasteiger partial charge on any atom is 0.303 e. The number of carboxylic acids is 1. The predicted octanol–water partition coefficient (Wildman–Crippen LogP) is 2.99. The zero-order chi connectivity index (χ0) is 14.4. The lowest BCUT2D eigenvalue weighted by Gasteiger charge is -2.12. The van der Waals surface area contributed by atoms with Crippen LogP contribution in [-0.2, 0) is 4.79 Å². The number of nitrogens with one attached hydrogen (secondary N) is 1. The third-order valence-corrected chi connectivity index (χ3v) is 3.22. The summed E-state index contributed by atoms with van der Waals surface area (Å²) in [6.45, 7) is 4.34. The lowest BCUT2D eigenvalue weighted by molar-refractivity contribution is -0.137. The molecule has 1 rings (SSSR count). The Labute approximate surface area is 121 Å². The molecule has 2 N–H and O–H groups in total. The van der Waals surface area contributed by atoms with E-state index in [9.17, 15) is 9.59 Å². The molecule has 4 nitrogen and oxygen atoms in total. The summed E-state index contributed by atoms with van der Waals surface area (Å²) >= 11 is 3.36. The first-order chi connectivity index (χ1) is 8.88. The van der Waals surface area contributed by atoms with Crippen molar-refractivity contribution in [1.29, 1.82) is 0 Å². The van der Waals surface area contributed by atoms with Crippen LogP contribution in [0.15, 0.2) is 22.7 Å². The van der Waals surface area contributed by atoms with Crippen LogP contribution < -0.4 is 5.32 Å². The quantitative estimate of drug-likeness (QED) is 0.844. The third kappa shape index (κ3) is 5.87. The Morgan fingerprint density at radius 3 is 2.63 bits per heavy atom. The number of amides is 1. The number of aryl methyl sites for hydroxylation is 1. The molecule has 0 bridgehead atoms. The highest BCUT2D eigenvalue weighted by molar-refractivity contribution is 9.10. The second-order valence-corrected chi connectivity index (χ2v) is 5.68. The summed E-state index contributed by atoms with van der Waals surface area (Å²) in [7, 11) is 0. The number of hydrogen-bond donors (Lipinski definition) is 2. The van der Waals surface area contributed by atoms with Crippen molar-refractivity contribution in [2.75, 3.05) is 6.54 Å². The minimum absolute atomic E-state index is 0.132. The summed E-state index contributed by atoms with van der Waals surface area (Å²) in [5.74, 6) is -0.791. The lowest BCUT2D eigenvalue weighted by Crippen LogP contribution is -2.28. The van der Waals surface area contributed by atoms with Crippen LogP contribution in [-0.4, -0.2) is 23.5 Å². The zero-order valence-corrected chi connectivity index (χ0v) is 12.7. The van der Waals surface area contributed by atoms with E-state index in [2.05, 4.69) is 21.2 Å². The van der Waals surface area contributed by atoms with Crippen molar-refractivity contribution in [2.45, 2.75) is 26.7 Å². The average Bonchev–Trinajstić information content (AvgIpc) is 2.32. The summed E-state index contributed by atoms with van der Waals surface area (Å²) in [6, 6.07) is 5.53. The minimum atomic E-state index is -0.805. The van der Waals surface area contributed by atoms with Crippen LogP contribution >= 0.6 is 15.9 Å². The number of benzene rings is 1. The maximum absolute atomic E-state index is 11.9. The van der Waals surface area contributed by atoms with Gasteiger partial charge in [-0.1, -0.05) is 22.9 Å². The highest BCUT2D eigenvalue weighted by atomic mass is 79.9. The summed E-state index contributed by atoms with van der Waals surface area (Å²) in [6.07, 6.45) is 0.695. The number of carbonyl (C=O) groups is 2. The topological polar surface area (TPSA) is 66.4 Å². The first-order valence-corrected chi connectivity index (χ1v) is 6.95. The number of rotatable bonds is 6. The van der Waals surface area contributed by atoms with Crippen molar-refractivity contribution < 1.29 is 14.7 Å². The molecular weight excluding hydrogens is 310 g/mol. The molecule has 0 saturated carbocycles. The van der Waals surface area contributed by atoms with E-state index in [1.165, 1.54) is 0 Å². The van der Waals surface area contributed by atoms with Gasteiger partial charge in [0.1, 0.15) is 0 Å². The Kier molecular flexibility index (Phi) is 6.02. The second-order valence-electron chi connectivity index (χ2n) is 4.76. The Morgan fingerprint density at radius 2 is 2.05 bits per heavy atom. The van der Waals surface area contributed by atoms with Crippen molar-refractivity contribution in [1.82, 2.24) is 5.32 Å². The van der Waals surface area contributed by atoms with Crippen LogP contribution in [0.5, 0.6) is 0 Å². The summed E-state index contributed by atoms with van der Waals surface area (Å²) in [5.41, 5.74) is 1.62. The van der Waals surface area contributed by atoms with Gasteiger partial charge in [0.25, 0.3) is 5.91 Å². The van der Waals surface area contributed by atoms with Crippen molar-refractivity contribution in [2.24, 2.45) is 5.92 Å². The highest BCUT2D eigenvalue weighted by Crippen LogP contribution is 2.15. The van der Waals surface area contributed by atoms with Gasteiger partial charge in [-0.25, -0.2) is 0 Å². The Balaban J connectivity index is 2.48. The third-order valence-electron chi connectivity index (χ3n) is 2.77. The summed E-state index contributed by atoms with van der Waals surface area (Å²) < 4.78 is 0.872. The van der Waals surface area contributed by atoms with Crippen LogP contribution in [0.25, 0.3) is 0 Å². The molecule has 5 heteroatoms. The normalized spacial score (nSPS) is 11.9. The smallest absolute Gasteiger partial charge is 0.303 e. The van der Waals surface area contributed by atoms with Crippen molar-refractivity contribution in [3.8, 4) is 0 Å². The standard InChI is InChI=1S/C14H18BrNO3/c1-9(3-4-13(17)18)8-16-14(19)11-5-10(2)6-12(15)7-11/h5-7,9H,3-4,8H2,1-2H3,(H,16,19)(H,17,18). The van der Waals surface area contributed by atoms with E-state index in [4.69, 9.17) is 5.11 Å². The maximum atomic E-state index is 11.9. The fraction of sp³-hybridized carbons (Fsp3) is 0.429. The van der Waals surface area contributed by atoms with Crippen LogP contribution in [0, 0.1) is 12.8 Å². The van der Waals surface area contributed by atoms with Gasteiger partial charge >= 0.3 is 5.97 Å². The Hall–Kier alpha value is -1.36. The molecule has 0 aromatic heterocycles. The number of hydrogen-bond acceptors (Lipinski definition) is 2. The van der Waals surface area contributed by atoms with E-state index >= 15 is 0 Å². The molecule has 104 valence electrons. The lowest BCUT2D eigenvalue weighted by atomic mass is 10.1. The van der Waals surface area contributed by atoms with E-state index in [0.717, 1.165) is 10.0 Å². The Bertz CT molecular complexity index is 454. The molecule has 0 aliphatic heterocycles. The van der Waals surface area contributed by atoms with Gasteiger partial charge in [0, 0.05) is 23.0 Å². The van der Waals surface area contributed by atoms with Crippen LogP contribution in [0.4, 0.5) is 0 Å². The molecule has 1 unspecified atom stereocenters. The molecule has 1 atom stereocenters. The van der Waals surface area contributed by atoms with Gasteiger partial charge in [-0.3, -0.25) is 9.59 Å². The molecule has 19 heavy (non-hydrogen) atoms. The number of aliphatic carboxylic acids is 1. The first-order valence-electron chi connectivity index (χ1n) is 6.15. The van der Waals surface area contributed by atoms with Crippen molar-refractivity contribution >= 4 is 27.8 Å². The summed E-state index contributed by atoms with van der Waals surface area (Å²) in [4.78, 5) is 22.4. The monoisotopic (exact) mass is 327 g/mol. The SMILES string of the molecule is Cc1cc(Br)cc(C(=O)NCC(C)CCC(=O)O)c1. The first kappa shape index (κ1) is 15.7. The van der Waals surface area contributed by atoms with Crippen LogP contribution in [0.2, 0.25) is 0 Å². The molecule has 1 aromatic rings. The number of carboxylic acid groups (broad SMARTS) is 1. The van der Waals surface area contributed by atoms with E-state index in [1.54, 1.807) is 6.07 Å². The van der Waals surface area contributed by atoms with Crippen molar-refractivity contribution in [3.05, 3.63) is 33.8 Å². The van der Waals surface area contributed by atoms with E-state index in [0.29, 0.717) is 18.5 Å². The molecule has 0 fully saturated rings. The van der Waals surface area contributed by atoms with Gasteiger partial charge in [-0.2, -0.15) is 0 Å². The summed E-state index contributed by atoms with van der Waals surface area (Å²) in [5, 5.41) is 11.4. The van der Waals surface area contributed by atoms with Crippen LogP contribution in [0.3, 0.4) is 0 Å². The van der Waals surface area contributed by atoms with E-state index in [-0.39, 0.29) is 18.2 Å². The largest absolute Gasteiger partial charge is 0.481 e. The number of halogens is 1. The van der Waals surface area contributed by atoms with Crippen molar-refractivity contribution in [3.63, 3.8) is 0 Å². The molecule has 0 radical (unpaired) electrons. The van der Waals surface area contributed by atoms with E-state index < -0.39 is 5.97 Å². The highest BCUT2D eigenvalue weighted by Gasteiger charge is 2.10. The molecule has 0 saturated heterocycles. The molecule has 0 heterocycles. The fourth-order valence-electron chi connectivity index (χ4n) is 1.71. The van der Waals surface area contributed by atoms with Gasteiger partial charge in [0.2, 0.25) is 0 Å². The minimum Gasteiger partial charge on any atom is -0.481 e.